The van der Waals surface area contributed by atoms with Crippen molar-refractivity contribution in [1.82, 2.24) is 15.1 Å². The molecule has 1 aliphatic rings. The van der Waals surface area contributed by atoms with Crippen molar-refractivity contribution >= 4 is 41.5 Å². The zero-order chi connectivity index (χ0) is 21.3. The van der Waals surface area contributed by atoms with Crippen LogP contribution in [0.2, 0.25) is 0 Å². The van der Waals surface area contributed by atoms with Crippen LogP contribution in [-0.2, 0) is 6.42 Å². The maximum atomic E-state index is 12.2. The number of benzene rings is 2. The molecule has 0 aromatic heterocycles. The molecule has 1 saturated heterocycles. The van der Waals surface area contributed by atoms with E-state index in [1.54, 1.807) is 19.0 Å². The fourth-order valence-corrected chi connectivity index (χ4v) is 3.65. The topological polar surface area (TPSA) is 51.2 Å². The van der Waals surface area contributed by atoms with Gasteiger partial charge in [0, 0.05) is 64.6 Å². The predicted molar refractivity (Wildman–Crippen MR) is 140 cm³/mol. The minimum atomic E-state index is 0. The van der Waals surface area contributed by atoms with Gasteiger partial charge in [0.25, 0.3) is 5.91 Å². The van der Waals surface area contributed by atoms with Gasteiger partial charge in [0.2, 0.25) is 0 Å². The number of nitrogens with zero attached hydrogens (tertiary/aromatic N) is 4. The Hall–Kier alpha value is -2.29. The number of halogens is 1. The summed E-state index contributed by atoms with van der Waals surface area (Å²) in [7, 11) is 3.55. The molecular formula is C24H34IN5O. The van der Waals surface area contributed by atoms with Crippen molar-refractivity contribution in [2.45, 2.75) is 13.3 Å². The van der Waals surface area contributed by atoms with Crippen LogP contribution in [0.15, 0.2) is 59.6 Å². The molecule has 3 rings (SSSR count). The van der Waals surface area contributed by atoms with Crippen molar-refractivity contribution in [3.63, 3.8) is 0 Å². The van der Waals surface area contributed by atoms with Gasteiger partial charge in [-0.2, -0.15) is 0 Å². The Labute approximate surface area is 203 Å². The number of carbonyl (C=O) groups excluding carboxylic acids is 1. The predicted octanol–water partition coefficient (Wildman–Crippen LogP) is 3.34. The molecule has 0 saturated carbocycles. The minimum Gasteiger partial charge on any atom is -0.368 e. The monoisotopic (exact) mass is 535 g/mol. The Kier molecular flexibility index (Phi) is 10.1. The van der Waals surface area contributed by atoms with Crippen LogP contribution in [0.4, 0.5) is 5.69 Å². The number of hydrogen-bond acceptors (Lipinski definition) is 3. The molecule has 6 nitrogen and oxygen atoms in total. The molecule has 0 unspecified atom stereocenters. The Bertz CT molecular complexity index is 848. The first-order valence-electron chi connectivity index (χ1n) is 10.7. The van der Waals surface area contributed by atoms with Gasteiger partial charge in [0.05, 0.1) is 0 Å². The van der Waals surface area contributed by atoms with Gasteiger partial charge in [-0.15, -0.1) is 24.0 Å². The van der Waals surface area contributed by atoms with Crippen molar-refractivity contribution in [2.24, 2.45) is 4.99 Å². The smallest absolute Gasteiger partial charge is 0.253 e. The quantitative estimate of drug-likeness (QED) is 0.351. The average Bonchev–Trinajstić information content (AvgIpc) is 2.79. The number of hydrogen-bond donors (Lipinski definition) is 1. The highest BCUT2D eigenvalue weighted by atomic mass is 127. The average molecular weight is 535 g/mol. The number of guanidine groups is 1. The Morgan fingerprint density at radius 3 is 2.39 bits per heavy atom. The second-order valence-corrected chi connectivity index (χ2v) is 7.70. The third-order valence-electron chi connectivity index (χ3n) is 5.28. The van der Waals surface area contributed by atoms with E-state index in [9.17, 15) is 4.79 Å². The molecule has 1 heterocycles. The largest absolute Gasteiger partial charge is 0.368 e. The summed E-state index contributed by atoms with van der Waals surface area (Å²) < 4.78 is 0. The summed E-state index contributed by atoms with van der Waals surface area (Å²) in [6.07, 6.45) is 0.813. The van der Waals surface area contributed by atoms with Crippen LogP contribution in [0.25, 0.3) is 0 Å². The SMILES string of the molecule is CCNC(=NCCc1cccc(C(=O)N(C)C)c1)N1CCN(c2ccccc2)CC1.I. The lowest BCUT2D eigenvalue weighted by Gasteiger charge is -2.37. The molecule has 1 N–H and O–H groups in total. The molecule has 1 amide bonds. The second kappa shape index (κ2) is 12.5. The molecule has 2 aromatic carbocycles. The summed E-state index contributed by atoms with van der Waals surface area (Å²) in [5, 5.41) is 3.43. The molecule has 1 aliphatic heterocycles. The van der Waals surface area contributed by atoms with E-state index in [0.29, 0.717) is 6.54 Å². The van der Waals surface area contributed by atoms with E-state index < -0.39 is 0 Å². The van der Waals surface area contributed by atoms with E-state index in [1.165, 1.54) is 5.69 Å². The van der Waals surface area contributed by atoms with Crippen molar-refractivity contribution in [3.8, 4) is 0 Å². The van der Waals surface area contributed by atoms with E-state index >= 15 is 0 Å². The standard InChI is InChI=1S/C24H33N5O.HI/c1-4-25-24(29-17-15-28(16-18-29)22-11-6-5-7-12-22)26-14-13-20-9-8-10-21(19-20)23(30)27(2)3;/h5-12,19H,4,13-18H2,1-3H3,(H,25,26);1H. The van der Waals surface area contributed by atoms with Crippen LogP contribution < -0.4 is 10.2 Å². The van der Waals surface area contributed by atoms with E-state index in [-0.39, 0.29) is 29.9 Å². The molecule has 168 valence electrons. The Morgan fingerprint density at radius 2 is 1.74 bits per heavy atom. The summed E-state index contributed by atoms with van der Waals surface area (Å²) in [6, 6.07) is 18.4. The summed E-state index contributed by atoms with van der Waals surface area (Å²) in [4.78, 5) is 23.4. The number of rotatable bonds is 6. The van der Waals surface area contributed by atoms with Gasteiger partial charge in [-0.3, -0.25) is 9.79 Å². The molecule has 7 heteroatoms. The lowest BCUT2D eigenvalue weighted by atomic mass is 10.1. The molecule has 0 bridgehead atoms. The lowest BCUT2D eigenvalue weighted by molar-refractivity contribution is 0.0827. The first kappa shape index (κ1) is 25.0. The van der Waals surface area contributed by atoms with Crippen LogP contribution >= 0.6 is 24.0 Å². The van der Waals surface area contributed by atoms with Gasteiger partial charge in [0.1, 0.15) is 0 Å². The van der Waals surface area contributed by atoms with E-state index in [4.69, 9.17) is 4.99 Å². The van der Waals surface area contributed by atoms with Crippen LogP contribution in [-0.4, -0.2) is 75.0 Å². The van der Waals surface area contributed by atoms with Crippen LogP contribution in [0.1, 0.15) is 22.8 Å². The highest BCUT2D eigenvalue weighted by molar-refractivity contribution is 14.0. The van der Waals surface area contributed by atoms with E-state index in [2.05, 4.69) is 58.4 Å². The van der Waals surface area contributed by atoms with Gasteiger partial charge in [-0.05, 0) is 43.2 Å². The van der Waals surface area contributed by atoms with Crippen molar-refractivity contribution in [2.75, 3.05) is 58.3 Å². The van der Waals surface area contributed by atoms with Gasteiger partial charge in [-0.1, -0.05) is 30.3 Å². The van der Waals surface area contributed by atoms with Crippen molar-refractivity contribution < 1.29 is 4.79 Å². The number of nitrogens with one attached hydrogen (secondary N) is 1. The zero-order valence-electron chi connectivity index (χ0n) is 18.8. The number of anilines is 1. The number of carbonyl (C=O) groups is 1. The third-order valence-corrected chi connectivity index (χ3v) is 5.28. The number of para-hydroxylation sites is 1. The van der Waals surface area contributed by atoms with E-state index in [0.717, 1.165) is 56.2 Å². The molecular weight excluding hydrogens is 501 g/mol. The van der Waals surface area contributed by atoms with Crippen LogP contribution in [0, 0.1) is 0 Å². The third kappa shape index (κ3) is 7.12. The van der Waals surface area contributed by atoms with Gasteiger partial charge in [0.15, 0.2) is 5.96 Å². The van der Waals surface area contributed by atoms with Gasteiger partial charge >= 0.3 is 0 Å². The van der Waals surface area contributed by atoms with Crippen molar-refractivity contribution in [3.05, 3.63) is 65.7 Å². The lowest BCUT2D eigenvalue weighted by Crippen LogP contribution is -2.52. The zero-order valence-corrected chi connectivity index (χ0v) is 21.1. The molecule has 0 atom stereocenters. The molecule has 31 heavy (non-hydrogen) atoms. The van der Waals surface area contributed by atoms with Crippen LogP contribution in [0.3, 0.4) is 0 Å². The fraction of sp³-hybridized carbons (Fsp3) is 0.417. The summed E-state index contributed by atoms with van der Waals surface area (Å²) >= 11 is 0. The maximum Gasteiger partial charge on any atom is 0.253 e. The Morgan fingerprint density at radius 1 is 1.03 bits per heavy atom. The van der Waals surface area contributed by atoms with E-state index in [1.807, 2.05) is 18.2 Å². The summed E-state index contributed by atoms with van der Waals surface area (Å²) in [5.41, 5.74) is 3.15. The van der Waals surface area contributed by atoms with Crippen molar-refractivity contribution in [1.29, 1.82) is 0 Å². The number of amides is 1. The summed E-state index contributed by atoms with van der Waals surface area (Å²) in [5.74, 6) is 1.01. The normalized spacial score (nSPS) is 14.1. The molecule has 2 aromatic rings. The first-order valence-corrected chi connectivity index (χ1v) is 10.7. The highest BCUT2D eigenvalue weighted by Gasteiger charge is 2.19. The molecule has 0 spiro atoms. The molecule has 1 fully saturated rings. The first-order chi connectivity index (χ1) is 14.6. The number of aliphatic imine (C=N–C) groups is 1. The Balaban J connectivity index is 0.00000341. The molecule has 0 aliphatic carbocycles. The van der Waals surface area contributed by atoms with Gasteiger partial charge in [-0.25, -0.2) is 0 Å². The number of piperazine rings is 1. The van der Waals surface area contributed by atoms with Crippen LogP contribution in [0.5, 0.6) is 0 Å². The van der Waals surface area contributed by atoms with Gasteiger partial charge < -0.3 is 20.0 Å². The highest BCUT2D eigenvalue weighted by Crippen LogP contribution is 2.15. The maximum absolute atomic E-state index is 12.2. The summed E-state index contributed by atoms with van der Waals surface area (Å²) in [6.45, 7) is 7.53. The minimum absolute atomic E-state index is 0. The molecule has 0 radical (unpaired) electrons. The second-order valence-electron chi connectivity index (χ2n) is 7.70. The fourth-order valence-electron chi connectivity index (χ4n) is 3.65.